The van der Waals surface area contributed by atoms with Crippen LogP contribution in [-0.4, -0.2) is 47.0 Å². The van der Waals surface area contributed by atoms with Gasteiger partial charge in [0.2, 0.25) is 0 Å². The van der Waals surface area contributed by atoms with Crippen molar-refractivity contribution in [2.24, 2.45) is 5.73 Å². The monoisotopic (exact) mass is 285 g/mol. The number of amides is 2. The van der Waals surface area contributed by atoms with Crippen LogP contribution >= 0.6 is 12.2 Å². The van der Waals surface area contributed by atoms with Crippen molar-refractivity contribution in [3.05, 3.63) is 0 Å². The summed E-state index contributed by atoms with van der Waals surface area (Å²) in [5.74, 6) is -2.43. The summed E-state index contributed by atoms with van der Waals surface area (Å²) in [6, 6.07) is -0.755. The largest absolute Gasteiger partial charge is 0.406 e. The molecular formula is C9H14F3N3O2S. The van der Waals surface area contributed by atoms with Gasteiger partial charge in [0.05, 0.1) is 11.5 Å². The van der Waals surface area contributed by atoms with Gasteiger partial charge in [0.15, 0.2) is 0 Å². The molecule has 0 aromatic rings. The van der Waals surface area contributed by atoms with Crippen LogP contribution in [0, 0.1) is 0 Å². The van der Waals surface area contributed by atoms with Crippen LogP contribution in [-0.2, 0) is 9.59 Å². The number of thiocarbonyl (C=S) groups is 1. The van der Waals surface area contributed by atoms with E-state index >= 15 is 0 Å². The highest BCUT2D eigenvalue weighted by molar-refractivity contribution is 7.80. The molecule has 0 spiro atoms. The zero-order valence-corrected chi connectivity index (χ0v) is 10.7. The van der Waals surface area contributed by atoms with Crippen molar-refractivity contribution >= 4 is 29.0 Å². The lowest BCUT2D eigenvalue weighted by atomic mass is 10.3. The van der Waals surface area contributed by atoms with Crippen molar-refractivity contribution in [2.45, 2.75) is 26.1 Å². The number of nitrogens with zero attached hydrogens (tertiary/aromatic N) is 1. The summed E-state index contributed by atoms with van der Waals surface area (Å²) in [6.07, 6.45) is -4.57. The van der Waals surface area contributed by atoms with Crippen LogP contribution in [0.3, 0.4) is 0 Å². The maximum atomic E-state index is 12.2. The Kier molecular flexibility index (Phi) is 6.02. The zero-order chi connectivity index (χ0) is 14.5. The highest BCUT2D eigenvalue weighted by Gasteiger charge is 2.36. The molecule has 0 unspecified atom stereocenters. The van der Waals surface area contributed by atoms with Crippen LogP contribution in [0.1, 0.15) is 13.8 Å². The van der Waals surface area contributed by atoms with E-state index in [1.54, 1.807) is 0 Å². The van der Waals surface area contributed by atoms with Crippen molar-refractivity contribution in [1.29, 1.82) is 0 Å². The Morgan fingerprint density at radius 1 is 1.39 bits per heavy atom. The van der Waals surface area contributed by atoms with Gasteiger partial charge in [-0.15, -0.1) is 0 Å². The minimum absolute atomic E-state index is 0.0666. The first-order chi connectivity index (χ1) is 8.04. The minimum Gasteiger partial charge on any atom is -0.392 e. The van der Waals surface area contributed by atoms with Gasteiger partial charge in [0.1, 0.15) is 6.54 Å². The van der Waals surface area contributed by atoms with Gasteiger partial charge in [0, 0.05) is 6.04 Å². The number of nitrogens with one attached hydrogen (secondary N) is 1. The number of rotatable bonds is 4. The van der Waals surface area contributed by atoms with E-state index in [9.17, 15) is 22.8 Å². The Hall–Kier alpha value is -1.38. The molecule has 0 aliphatic rings. The summed E-state index contributed by atoms with van der Waals surface area (Å²) < 4.78 is 36.7. The van der Waals surface area contributed by atoms with Crippen LogP contribution in [0.5, 0.6) is 0 Å². The van der Waals surface area contributed by atoms with E-state index in [1.165, 1.54) is 13.8 Å². The molecule has 5 nitrogen and oxygen atoms in total. The van der Waals surface area contributed by atoms with Crippen molar-refractivity contribution in [3.63, 3.8) is 0 Å². The minimum atomic E-state index is -4.57. The second kappa shape index (κ2) is 6.53. The van der Waals surface area contributed by atoms with Crippen LogP contribution in [0.4, 0.5) is 13.2 Å². The maximum absolute atomic E-state index is 12.2. The molecule has 0 saturated heterocycles. The second-order valence-electron chi connectivity index (χ2n) is 3.79. The molecule has 0 aliphatic carbocycles. The predicted octanol–water partition coefficient (Wildman–Crippen LogP) is 0.188. The Labute approximate surface area is 107 Å². The van der Waals surface area contributed by atoms with Gasteiger partial charge < -0.3 is 16.0 Å². The van der Waals surface area contributed by atoms with E-state index in [1.807, 2.05) is 5.32 Å². The van der Waals surface area contributed by atoms with Gasteiger partial charge >= 0.3 is 18.0 Å². The summed E-state index contributed by atoms with van der Waals surface area (Å²) in [5, 5.41) is 2.04. The summed E-state index contributed by atoms with van der Waals surface area (Å²) in [6.45, 7) is 1.04. The number of hydrogen-bond acceptors (Lipinski definition) is 3. The van der Waals surface area contributed by atoms with Crippen molar-refractivity contribution in [1.82, 2.24) is 10.2 Å². The average molecular weight is 285 g/mol. The summed E-state index contributed by atoms with van der Waals surface area (Å²) in [7, 11) is 0. The highest BCUT2D eigenvalue weighted by Crippen LogP contribution is 2.18. The van der Waals surface area contributed by atoms with Crippen molar-refractivity contribution in [2.75, 3.05) is 13.1 Å². The van der Waals surface area contributed by atoms with Gasteiger partial charge in [-0.05, 0) is 13.8 Å². The van der Waals surface area contributed by atoms with E-state index in [0.29, 0.717) is 4.90 Å². The highest BCUT2D eigenvalue weighted by atomic mass is 32.1. The molecule has 18 heavy (non-hydrogen) atoms. The van der Waals surface area contributed by atoms with Crippen molar-refractivity contribution in [3.8, 4) is 0 Å². The Bertz CT molecular complexity index is 344. The molecule has 0 bridgehead atoms. The third kappa shape index (κ3) is 6.38. The zero-order valence-electron chi connectivity index (χ0n) is 9.87. The van der Waals surface area contributed by atoms with Crippen molar-refractivity contribution < 1.29 is 22.8 Å². The molecule has 0 atom stereocenters. The predicted molar refractivity (Wildman–Crippen MR) is 62.7 cm³/mol. The molecule has 3 N–H and O–H groups in total. The van der Waals surface area contributed by atoms with Crippen LogP contribution < -0.4 is 11.1 Å². The molecule has 0 heterocycles. The van der Waals surface area contributed by atoms with E-state index in [2.05, 4.69) is 12.2 Å². The van der Waals surface area contributed by atoms with Crippen LogP contribution in [0.15, 0.2) is 0 Å². The molecule has 0 rings (SSSR count). The smallest absolute Gasteiger partial charge is 0.392 e. The number of alkyl halides is 3. The van der Waals surface area contributed by atoms with E-state index in [0.717, 1.165) is 0 Å². The first-order valence-corrected chi connectivity index (χ1v) is 5.39. The van der Waals surface area contributed by atoms with Gasteiger partial charge in [-0.25, -0.2) is 0 Å². The lowest BCUT2D eigenvalue weighted by Crippen LogP contribution is -2.50. The lowest BCUT2D eigenvalue weighted by molar-refractivity contribution is -0.167. The fraction of sp³-hybridized carbons (Fsp3) is 0.667. The second-order valence-corrected chi connectivity index (χ2v) is 4.32. The van der Waals surface area contributed by atoms with Gasteiger partial charge in [-0.1, -0.05) is 12.2 Å². The number of carbonyl (C=O) groups excluding carboxylic acids is 2. The van der Waals surface area contributed by atoms with Gasteiger partial charge in [-0.3, -0.25) is 9.59 Å². The lowest BCUT2D eigenvalue weighted by Gasteiger charge is -2.26. The molecule has 9 heteroatoms. The molecule has 0 radical (unpaired) electrons. The quantitative estimate of drug-likeness (QED) is 0.571. The normalized spacial score (nSPS) is 11.2. The molecule has 104 valence electrons. The fourth-order valence-corrected chi connectivity index (χ4v) is 1.13. The number of hydrogen-bond donors (Lipinski definition) is 2. The third-order valence-corrected chi connectivity index (χ3v) is 2.00. The first-order valence-electron chi connectivity index (χ1n) is 4.98. The Balaban J connectivity index is 4.67. The topological polar surface area (TPSA) is 75.4 Å². The molecule has 0 fully saturated rings. The maximum Gasteiger partial charge on any atom is 0.406 e. The number of nitrogens with two attached hydrogens (primary N) is 1. The average Bonchev–Trinajstić information content (AvgIpc) is 2.19. The summed E-state index contributed by atoms with van der Waals surface area (Å²) in [4.78, 5) is 23.2. The van der Waals surface area contributed by atoms with E-state index in [4.69, 9.17) is 5.73 Å². The van der Waals surface area contributed by atoms with Crippen LogP contribution in [0.25, 0.3) is 0 Å². The first kappa shape index (κ1) is 16.6. The molecular weight excluding hydrogens is 271 g/mol. The molecule has 0 aromatic carbocycles. The van der Waals surface area contributed by atoms with E-state index < -0.39 is 30.6 Å². The Morgan fingerprint density at radius 3 is 2.22 bits per heavy atom. The fourth-order valence-electron chi connectivity index (χ4n) is 1.06. The summed E-state index contributed by atoms with van der Waals surface area (Å²) in [5.41, 5.74) is 5.09. The van der Waals surface area contributed by atoms with Gasteiger partial charge in [0.25, 0.3) is 0 Å². The SMILES string of the molecule is CC(C)N(CC(F)(F)F)C(=O)C(=O)NCC(N)=S. The standard InChI is InChI=1S/C9H14F3N3O2S/c1-5(2)15(4-9(10,11)12)8(17)7(16)14-3-6(13)18/h5H,3-4H2,1-2H3,(H2,13,18)(H,14,16). The molecule has 0 aliphatic heterocycles. The number of carbonyl (C=O) groups is 2. The number of halogens is 3. The Morgan fingerprint density at radius 2 is 1.89 bits per heavy atom. The van der Waals surface area contributed by atoms with Crippen LogP contribution in [0.2, 0.25) is 0 Å². The third-order valence-electron chi connectivity index (χ3n) is 1.85. The molecule has 0 aromatic heterocycles. The molecule has 2 amide bonds. The molecule has 0 saturated carbocycles. The summed E-state index contributed by atoms with van der Waals surface area (Å²) >= 11 is 4.46. The van der Waals surface area contributed by atoms with E-state index in [-0.39, 0.29) is 11.5 Å². The van der Waals surface area contributed by atoms with Gasteiger partial charge in [-0.2, -0.15) is 13.2 Å².